The summed E-state index contributed by atoms with van der Waals surface area (Å²) < 4.78 is 10.8. The molecule has 19 heavy (non-hydrogen) atoms. The Morgan fingerprint density at radius 1 is 1.37 bits per heavy atom. The zero-order chi connectivity index (χ0) is 14.0. The summed E-state index contributed by atoms with van der Waals surface area (Å²) in [5.74, 6) is 0.414. The molecule has 0 saturated heterocycles. The highest BCUT2D eigenvalue weighted by atomic mass is 16.5. The van der Waals surface area contributed by atoms with Crippen LogP contribution in [0.4, 0.5) is 0 Å². The first-order valence-electron chi connectivity index (χ1n) is 5.96. The second kappa shape index (κ2) is 5.14. The standard InChI is InChI=1S/C14H16N2O3/c1-8(2)19-12-7-10-9(6-11(12)13(15)17)4-5-16-14(10)18-3/h4-8H,1-3H3,(H2,15,17). The minimum Gasteiger partial charge on any atom is -0.490 e. The predicted octanol–water partition coefficient (Wildman–Crippen LogP) is 2.13. The number of amides is 1. The van der Waals surface area contributed by atoms with Crippen LogP contribution >= 0.6 is 0 Å². The van der Waals surface area contributed by atoms with Crippen LogP contribution < -0.4 is 15.2 Å². The summed E-state index contributed by atoms with van der Waals surface area (Å²) in [6.07, 6.45) is 1.56. The number of rotatable bonds is 4. The van der Waals surface area contributed by atoms with Gasteiger partial charge in [0.05, 0.1) is 18.8 Å². The Balaban J connectivity index is 2.69. The smallest absolute Gasteiger partial charge is 0.252 e. The molecule has 0 saturated carbocycles. The van der Waals surface area contributed by atoms with Crippen LogP contribution in [-0.4, -0.2) is 24.1 Å². The maximum absolute atomic E-state index is 11.5. The number of nitrogens with zero attached hydrogens (tertiary/aromatic N) is 1. The summed E-state index contributed by atoms with van der Waals surface area (Å²) in [6, 6.07) is 5.23. The molecule has 1 amide bonds. The molecule has 0 aliphatic heterocycles. The summed E-state index contributed by atoms with van der Waals surface area (Å²) in [7, 11) is 1.55. The van der Waals surface area contributed by atoms with Gasteiger partial charge in [0.1, 0.15) is 5.75 Å². The largest absolute Gasteiger partial charge is 0.490 e. The number of nitrogens with two attached hydrogens (primary N) is 1. The van der Waals surface area contributed by atoms with Crippen molar-refractivity contribution in [2.45, 2.75) is 20.0 Å². The summed E-state index contributed by atoms with van der Waals surface area (Å²) in [5.41, 5.74) is 5.74. The van der Waals surface area contributed by atoms with Crippen molar-refractivity contribution in [2.24, 2.45) is 5.73 Å². The lowest BCUT2D eigenvalue weighted by Crippen LogP contribution is -2.15. The predicted molar refractivity (Wildman–Crippen MR) is 72.6 cm³/mol. The zero-order valence-corrected chi connectivity index (χ0v) is 11.1. The first-order chi connectivity index (χ1) is 9.02. The third-order valence-electron chi connectivity index (χ3n) is 2.65. The molecular formula is C14H16N2O3. The molecule has 0 aliphatic carbocycles. The van der Waals surface area contributed by atoms with Gasteiger partial charge in [-0.05, 0) is 37.4 Å². The van der Waals surface area contributed by atoms with Gasteiger partial charge in [-0.25, -0.2) is 4.98 Å². The molecule has 1 aromatic heterocycles. The van der Waals surface area contributed by atoms with E-state index in [9.17, 15) is 4.79 Å². The van der Waals surface area contributed by atoms with Crippen molar-refractivity contribution < 1.29 is 14.3 Å². The van der Waals surface area contributed by atoms with E-state index in [0.29, 0.717) is 17.2 Å². The molecule has 0 atom stereocenters. The molecule has 5 nitrogen and oxygen atoms in total. The van der Waals surface area contributed by atoms with Crippen molar-refractivity contribution in [3.05, 3.63) is 30.0 Å². The molecule has 0 radical (unpaired) electrons. The molecule has 1 aromatic carbocycles. The number of pyridine rings is 1. The molecule has 2 N–H and O–H groups in total. The number of hydrogen-bond donors (Lipinski definition) is 1. The van der Waals surface area contributed by atoms with Crippen LogP contribution in [-0.2, 0) is 0 Å². The molecule has 2 aromatic rings. The maximum atomic E-state index is 11.5. The summed E-state index contributed by atoms with van der Waals surface area (Å²) in [4.78, 5) is 15.6. The van der Waals surface area contributed by atoms with Crippen molar-refractivity contribution in [3.8, 4) is 11.6 Å². The van der Waals surface area contributed by atoms with Gasteiger partial charge < -0.3 is 15.2 Å². The summed E-state index contributed by atoms with van der Waals surface area (Å²) >= 11 is 0. The highest BCUT2D eigenvalue weighted by Crippen LogP contribution is 2.31. The van der Waals surface area contributed by atoms with E-state index in [1.54, 1.807) is 31.5 Å². The van der Waals surface area contributed by atoms with Crippen LogP contribution in [0.15, 0.2) is 24.4 Å². The summed E-state index contributed by atoms with van der Waals surface area (Å²) in [5, 5.41) is 1.61. The van der Waals surface area contributed by atoms with Gasteiger partial charge in [-0.1, -0.05) is 0 Å². The van der Waals surface area contributed by atoms with Crippen molar-refractivity contribution in [2.75, 3.05) is 7.11 Å². The van der Waals surface area contributed by atoms with Crippen LogP contribution in [0, 0.1) is 0 Å². The number of aromatic nitrogens is 1. The van der Waals surface area contributed by atoms with E-state index in [0.717, 1.165) is 10.8 Å². The van der Waals surface area contributed by atoms with Crippen molar-refractivity contribution in [1.29, 1.82) is 0 Å². The Kier molecular flexibility index (Phi) is 3.55. The fourth-order valence-electron chi connectivity index (χ4n) is 1.88. The average molecular weight is 260 g/mol. The molecule has 0 spiro atoms. The van der Waals surface area contributed by atoms with E-state index in [2.05, 4.69) is 4.98 Å². The average Bonchev–Trinajstić information content (AvgIpc) is 2.36. The number of fused-ring (bicyclic) bond motifs is 1. The molecular weight excluding hydrogens is 244 g/mol. The Labute approximate surface area is 111 Å². The first kappa shape index (κ1) is 13.1. The van der Waals surface area contributed by atoms with E-state index >= 15 is 0 Å². The van der Waals surface area contributed by atoms with Gasteiger partial charge in [-0.15, -0.1) is 0 Å². The lowest BCUT2D eigenvalue weighted by atomic mass is 10.1. The molecule has 0 aliphatic rings. The van der Waals surface area contributed by atoms with Crippen LogP contribution in [0.25, 0.3) is 10.8 Å². The van der Waals surface area contributed by atoms with Crippen molar-refractivity contribution in [1.82, 2.24) is 4.98 Å². The molecule has 2 rings (SSSR count). The minimum atomic E-state index is -0.520. The van der Waals surface area contributed by atoms with Gasteiger partial charge >= 0.3 is 0 Å². The Morgan fingerprint density at radius 2 is 2.11 bits per heavy atom. The number of ether oxygens (including phenoxy) is 2. The topological polar surface area (TPSA) is 74.4 Å². The highest BCUT2D eigenvalue weighted by molar-refractivity contribution is 6.01. The second-order valence-corrected chi connectivity index (χ2v) is 4.42. The maximum Gasteiger partial charge on any atom is 0.252 e. The van der Waals surface area contributed by atoms with Gasteiger partial charge in [0.2, 0.25) is 5.88 Å². The lowest BCUT2D eigenvalue weighted by molar-refractivity contribution is 0.0995. The van der Waals surface area contributed by atoms with Crippen molar-refractivity contribution >= 4 is 16.7 Å². The van der Waals surface area contributed by atoms with E-state index in [1.165, 1.54) is 0 Å². The van der Waals surface area contributed by atoms with Gasteiger partial charge in [-0.3, -0.25) is 4.79 Å². The second-order valence-electron chi connectivity index (χ2n) is 4.42. The number of primary amides is 1. The summed E-state index contributed by atoms with van der Waals surface area (Å²) in [6.45, 7) is 3.77. The number of hydrogen-bond acceptors (Lipinski definition) is 4. The zero-order valence-electron chi connectivity index (χ0n) is 11.1. The number of benzene rings is 1. The molecule has 0 fully saturated rings. The Hall–Kier alpha value is -2.30. The monoisotopic (exact) mass is 260 g/mol. The van der Waals surface area contributed by atoms with Gasteiger partial charge in [0.15, 0.2) is 0 Å². The number of carbonyl (C=O) groups excluding carboxylic acids is 1. The Morgan fingerprint density at radius 3 is 2.68 bits per heavy atom. The molecule has 1 heterocycles. The van der Waals surface area contributed by atoms with E-state index in [4.69, 9.17) is 15.2 Å². The normalized spacial score (nSPS) is 10.7. The quantitative estimate of drug-likeness (QED) is 0.913. The molecule has 5 heteroatoms. The Bertz CT molecular complexity index is 623. The fraction of sp³-hybridized carbons (Fsp3) is 0.286. The molecule has 0 bridgehead atoms. The first-order valence-corrected chi connectivity index (χ1v) is 5.96. The van der Waals surface area contributed by atoms with Crippen LogP contribution in [0.3, 0.4) is 0 Å². The number of carbonyl (C=O) groups is 1. The van der Waals surface area contributed by atoms with Crippen molar-refractivity contribution in [3.63, 3.8) is 0 Å². The SMILES string of the molecule is COc1nccc2cc(C(N)=O)c(OC(C)C)cc12. The van der Waals surface area contributed by atoms with Crippen LogP contribution in [0.2, 0.25) is 0 Å². The van der Waals surface area contributed by atoms with E-state index in [-0.39, 0.29) is 6.10 Å². The minimum absolute atomic E-state index is 0.0572. The van der Waals surface area contributed by atoms with Crippen LogP contribution in [0.1, 0.15) is 24.2 Å². The lowest BCUT2D eigenvalue weighted by Gasteiger charge is -2.14. The molecule has 0 unspecified atom stereocenters. The van der Waals surface area contributed by atoms with Gasteiger partial charge in [-0.2, -0.15) is 0 Å². The highest BCUT2D eigenvalue weighted by Gasteiger charge is 2.14. The van der Waals surface area contributed by atoms with Gasteiger partial charge in [0, 0.05) is 11.6 Å². The number of methoxy groups -OCH3 is 1. The third kappa shape index (κ3) is 2.59. The molecule has 100 valence electrons. The van der Waals surface area contributed by atoms with Gasteiger partial charge in [0.25, 0.3) is 5.91 Å². The van der Waals surface area contributed by atoms with E-state index in [1.807, 2.05) is 13.8 Å². The third-order valence-corrected chi connectivity index (χ3v) is 2.65. The van der Waals surface area contributed by atoms with E-state index < -0.39 is 5.91 Å². The van der Waals surface area contributed by atoms with Crippen LogP contribution in [0.5, 0.6) is 11.6 Å². The fourth-order valence-corrected chi connectivity index (χ4v) is 1.88.